The molecule has 1 saturated carbocycles. The average Bonchev–Trinajstić information content (AvgIpc) is 3.38. The van der Waals surface area contributed by atoms with Gasteiger partial charge in [-0.3, -0.25) is 5.32 Å². The van der Waals surface area contributed by atoms with Crippen molar-refractivity contribution >= 4 is 5.69 Å². The summed E-state index contributed by atoms with van der Waals surface area (Å²) in [6, 6.07) is 12.1. The second-order valence-electron chi connectivity index (χ2n) is 6.53. The van der Waals surface area contributed by atoms with Gasteiger partial charge in [-0.25, -0.2) is 4.39 Å². The predicted molar refractivity (Wildman–Crippen MR) is 87.5 cm³/mol. The molecule has 1 aliphatic rings. The zero-order valence-electron chi connectivity index (χ0n) is 13.5. The van der Waals surface area contributed by atoms with Crippen molar-refractivity contribution in [2.75, 3.05) is 5.32 Å². The lowest BCUT2D eigenvalue weighted by Gasteiger charge is -2.30. The largest absolute Gasteiger partial charge is 0.482 e. The van der Waals surface area contributed by atoms with Gasteiger partial charge in [-0.2, -0.15) is 13.2 Å². The van der Waals surface area contributed by atoms with Gasteiger partial charge in [0.2, 0.25) is 0 Å². The first kappa shape index (κ1) is 17.7. The summed E-state index contributed by atoms with van der Waals surface area (Å²) < 4.78 is 51.6. The van der Waals surface area contributed by atoms with Gasteiger partial charge in [0.25, 0.3) is 0 Å². The Balaban J connectivity index is 1.99. The van der Waals surface area contributed by atoms with Gasteiger partial charge in [0, 0.05) is 0 Å². The molecule has 1 aliphatic carbocycles. The van der Waals surface area contributed by atoms with E-state index < -0.39 is 23.4 Å². The normalized spacial score (nSPS) is 17.2. The first-order chi connectivity index (χ1) is 11.8. The lowest BCUT2D eigenvalue weighted by molar-refractivity contribution is -0.100. The molecule has 0 heterocycles. The van der Waals surface area contributed by atoms with Crippen LogP contribution in [0, 0.1) is 11.7 Å². The minimum absolute atomic E-state index is 0.243. The summed E-state index contributed by atoms with van der Waals surface area (Å²) in [6.07, 6.45) is -1.40. The number of halogens is 4. The fourth-order valence-electron chi connectivity index (χ4n) is 3.02. The summed E-state index contributed by atoms with van der Waals surface area (Å²) >= 11 is 0. The SMILES string of the molecule is OC(CCC1CC1)(c1ccccc1)c1ccc(F)c(NC(F)(F)F)c1. The molecule has 25 heavy (non-hydrogen) atoms. The number of hydrogen-bond donors (Lipinski definition) is 2. The van der Waals surface area contributed by atoms with Gasteiger partial charge < -0.3 is 5.11 Å². The molecule has 6 heteroatoms. The van der Waals surface area contributed by atoms with E-state index in [1.54, 1.807) is 30.3 Å². The van der Waals surface area contributed by atoms with Crippen LogP contribution in [0.5, 0.6) is 0 Å². The molecule has 0 saturated heterocycles. The van der Waals surface area contributed by atoms with Crippen LogP contribution in [0.15, 0.2) is 48.5 Å². The Morgan fingerprint density at radius 2 is 1.68 bits per heavy atom. The Morgan fingerprint density at radius 1 is 1.00 bits per heavy atom. The number of benzene rings is 2. The van der Waals surface area contributed by atoms with Crippen LogP contribution in [-0.2, 0) is 5.60 Å². The maximum absolute atomic E-state index is 13.8. The van der Waals surface area contributed by atoms with E-state index in [0.717, 1.165) is 31.4 Å². The van der Waals surface area contributed by atoms with E-state index in [1.807, 2.05) is 0 Å². The molecular weight excluding hydrogens is 334 g/mol. The number of rotatable bonds is 6. The van der Waals surface area contributed by atoms with E-state index in [1.165, 1.54) is 11.4 Å². The molecule has 0 spiro atoms. The van der Waals surface area contributed by atoms with Crippen LogP contribution in [0.4, 0.5) is 23.2 Å². The Kier molecular flexibility index (Phi) is 4.73. The highest BCUT2D eigenvalue weighted by Crippen LogP contribution is 2.42. The molecular formula is C19H19F4NO. The second kappa shape index (κ2) is 6.67. The number of hydrogen-bond acceptors (Lipinski definition) is 2. The minimum atomic E-state index is -4.75. The monoisotopic (exact) mass is 353 g/mol. The molecule has 3 rings (SSSR count). The quantitative estimate of drug-likeness (QED) is 0.554. The molecule has 0 bridgehead atoms. The number of anilines is 1. The average molecular weight is 353 g/mol. The van der Waals surface area contributed by atoms with Crippen molar-refractivity contribution in [3.63, 3.8) is 0 Å². The fourth-order valence-corrected chi connectivity index (χ4v) is 3.02. The van der Waals surface area contributed by atoms with Gasteiger partial charge in [0.1, 0.15) is 11.4 Å². The summed E-state index contributed by atoms with van der Waals surface area (Å²) in [5, 5.41) is 12.5. The van der Waals surface area contributed by atoms with Gasteiger partial charge >= 0.3 is 6.30 Å². The Bertz CT molecular complexity index is 728. The predicted octanol–water partition coefficient (Wildman–Crippen LogP) is 5.18. The van der Waals surface area contributed by atoms with Crippen molar-refractivity contribution in [3.8, 4) is 0 Å². The highest BCUT2D eigenvalue weighted by molar-refractivity contribution is 5.51. The number of aliphatic hydroxyl groups is 1. The molecule has 2 N–H and O–H groups in total. The molecule has 0 aliphatic heterocycles. The summed E-state index contributed by atoms with van der Waals surface area (Å²) in [5.74, 6) is -0.470. The summed E-state index contributed by atoms with van der Waals surface area (Å²) in [4.78, 5) is 0. The molecule has 2 nitrogen and oxygen atoms in total. The van der Waals surface area contributed by atoms with Crippen molar-refractivity contribution in [2.24, 2.45) is 5.92 Å². The van der Waals surface area contributed by atoms with Crippen molar-refractivity contribution in [1.82, 2.24) is 0 Å². The Hall–Kier alpha value is -2.08. The lowest BCUT2D eigenvalue weighted by atomic mass is 9.82. The molecule has 0 amide bonds. The third kappa shape index (κ3) is 4.31. The van der Waals surface area contributed by atoms with Crippen molar-refractivity contribution in [2.45, 2.75) is 37.6 Å². The second-order valence-corrected chi connectivity index (χ2v) is 6.53. The van der Waals surface area contributed by atoms with Crippen LogP contribution in [0.3, 0.4) is 0 Å². The van der Waals surface area contributed by atoms with E-state index in [9.17, 15) is 22.7 Å². The van der Waals surface area contributed by atoms with Crippen molar-refractivity contribution in [3.05, 3.63) is 65.5 Å². The van der Waals surface area contributed by atoms with E-state index >= 15 is 0 Å². The van der Waals surface area contributed by atoms with Crippen molar-refractivity contribution in [1.29, 1.82) is 0 Å². The first-order valence-corrected chi connectivity index (χ1v) is 8.21. The third-order valence-corrected chi connectivity index (χ3v) is 4.58. The number of alkyl halides is 3. The van der Waals surface area contributed by atoms with Crippen LogP contribution in [-0.4, -0.2) is 11.4 Å². The minimum Gasteiger partial charge on any atom is -0.380 e. The van der Waals surface area contributed by atoms with E-state index in [-0.39, 0.29) is 5.56 Å². The van der Waals surface area contributed by atoms with Gasteiger partial charge in [-0.1, -0.05) is 49.2 Å². The topological polar surface area (TPSA) is 32.3 Å². The van der Waals surface area contributed by atoms with E-state index in [4.69, 9.17) is 0 Å². The van der Waals surface area contributed by atoms with Crippen LogP contribution in [0.1, 0.15) is 36.8 Å². The summed E-state index contributed by atoms with van der Waals surface area (Å²) in [6.45, 7) is 0. The van der Waals surface area contributed by atoms with Crippen molar-refractivity contribution < 1.29 is 22.7 Å². The zero-order valence-corrected chi connectivity index (χ0v) is 13.5. The van der Waals surface area contributed by atoms with Crippen LogP contribution in [0.2, 0.25) is 0 Å². The Labute approximate surface area is 143 Å². The van der Waals surface area contributed by atoms with Crippen LogP contribution >= 0.6 is 0 Å². The standard InChI is InChI=1S/C19H19F4NO/c20-16-9-8-15(12-17(16)24-19(21,22)23)18(25,11-10-13-6-7-13)14-4-2-1-3-5-14/h1-5,8-9,12-13,24-25H,6-7,10-11H2. The first-order valence-electron chi connectivity index (χ1n) is 8.21. The van der Waals surface area contributed by atoms with Gasteiger partial charge in [0.15, 0.2) is 0 Å². The molecule has 0 aromatic heterocycles. The number of nitrogens with one attached hydrogen (secondary N) is 1. The zero-order chi connectivity index (χ0) is 18.1. The van der Waals surface area contributed by atoms with Crippen LogP contribution in [0.25, 0.3) is 0 Å². The summed E-state index contributed by atoms with van der Waals surface area (Å²) in [5.41, 5.74) is -1.32. The molecule has 1 unspecified atom stereocenters. The highest BCUT2D eigenvalue weighted by Gasteiger charge is 2.35. The van der Waals surface area contributed by atoms with E-state index in [0.29, 0.717) is 17.9 Å². The molecule has 1 fully saturated rings. The lowest BCUT2D eigenvalue weighted by Crippen LogP contribution is -2.28. The Morgan fingerprint density at radius 3 is 2.28 bits per heavy atom. The maximum atomic E-state index is 13.8. The van der Waals surface area contributed by atoms with Gasteiger partial charge in [0.05, 0.1) is 5.69 Å². The molecule has 2 aromatic rings. The van der Waals surface area contributed by atoms with Crippen LogP contribution < -0.4 is 5.32 Å². The highest BCUT2D eigenvalue weighted by atomic mass is 19.4. The molecule has 0 radical (unpaired) electrons. The summed E-state index contributed by atoms with van der Waals surface area (Å²) in [7, 11) is 0. The van der Waals surface area contributed by atoms with E-state index in [2.05, 4.69) is 0 Å². The third-order valence-electron chi connectivity index (χ3n) is 4.58. The smallest absolute Gasteiger partial charge is 0.380 e. The molecule has 2 aromatic carbocycles. The fraction of sp³-hybridized carbons (Fsp3) is 0.368. The molecule has 1 atom stereocenters. The maximum Gasteiger partial charge on any atom is 0.482 e. The molecule has 134 valence electrons. The van der Waals surface area contributed by atoms with Gasteiger partial charge in [-0.05, 0) is 42.0 Å². The van der Waals surface area contributed by atoms with Gasteiger partial charge in [-0.15, -0.1) is 0 Å².